The van der Waals surface area contributed by atoms with Crippen molar-refractivity contribution >= 4 is 33.2 Å². The Hall–Kier alpha value is -0.390. The molecule has 5 heteroatoms. The molecule has 84 valence electrons. The molecule has 0 aliphatic carbocycles. The minimum absolute atomic E-state index is 0.0416. The van der Waals surface area contributed by atoms with Crippen molar-refractivity contribution in [3.63, 3.8) is 0 Å². The molecule has 1 atom stereocenters. The molecule has 1 aromatic heterocycles. The maximum Gasteiger partial charge on any atom is 0.233 e. The van der Waals surface area contributed by atoms with Gasteiger partial charge in [0.15, 0.2) is 0 Å². The summed E-state index contributed by atoms with van der Waals surface area (Å²) in [7, 11) is 0. The van der Waals surface area contributed by atoms with Crippen LogP contribution in [-0.2, 0) is 4.79 Å². The van der Waals surface area contributed by atoms with Crippen LogP contribution in [0.15, 0.2) is 15.9 Å². The first-order valence-corrected chi connectivity index (χ1v) is 6.54. The van der Waals surface area contributed by atoms with Gasteiger partial charge in [0.2, 0.25) is 5.91 Å². The fourth-order valence-corrected chi connectivity index (χ4v) is 2.64. The second kappa shape index (κ2) is 6.25. The summed E-state index contributed by atoms with van der Waals surface area (Å²) in [5.74, 6) is 0.0416. The number of likely N-dealkylation sites (N-methyl/N-ethyl adjacent to an activating group) is 1. The first-order valence-electron chi connectivity index (χ1n) is 4.87. The zero-order valence-corrected chi connectivity index (χ0v) is 11.2. The lowest BCUT2D eigenvalue weighted by molar-refractivity contribution is -0.120. The van der Waals surface area contributed by atoms with Crippen LogP contribution in [0.5, 0.6) is 0 Å². The molecule has 2 N–H and O–H groups in total. The van der Waals surface area contributed by atoms with Gasteiger partial charge in [0.1, 0.15) is 0 Å². The van der Waals surface area contributed by atoms with Crippen molar-refractivity contribution in [2.75, 3.05) is 13.1 Å². The van der Waals surface area contributed by atoms with Gasteiger partial charge in [0, 0.05) is 27.3 Å². The van der Waals surface area contributed by atoms with Gasteiger partial charge in [-0.25, -0.2) is 0 Å². The van der Waals surface area contributed by atoms with Crippen LogP contribution in [0.1, 0.15) is 24.8 Å². The normalized spacial score (nSPS) is 12.5. The van der Waals surface area contributed by atoms with Gasteiger partial charge in [-0.1, -0.05) is 0 Å². The zero-order valence-electron chi connectivity index (χ0n) is 8.84. The number of halogens is 1. The first-order chi connectivity index (χ1) is 7.13. The number of nitrogens with one attached hydrogen (secondary N) is 2. The van der Waals surface area contributed by atoms with Crippen molar-refractivity contribution < 1.29 is 4.79 Å². The first kappa shape index (κ1) is 12.7. The minimum Gasteiger partial charge on any atom is -0.355 e. The maximum absolute atomic E-state index is 11.2. The molecule has 0 spiro atoms. The highest BCUT2D eigenvalue weighted by molar-refractivity contribution is 9.10. The minimum atomic E-state index is 0.0416. The van der Waals surface area contributed by atoms with Gasteiger partial charge in [-0.3, -0.25) is 4.79 Å². The highest BCUT2D eigenvalue weighted by atomic mass is 79.9. The van der Waals surface area contributed by atoms with Crippen LogP contribution < -0.4 is 10.6 Å². The predicted octanol–water partition coefficient (Wildman–Crippen LogP) is 2.30. The number of amides is 1. The highest BCUT2D eigenvalue weighted by Crippen LogP contribution is 2.24. The maximum atomic E-state index is 11.2. The molecule has 0 aliphatic heterocycles. The average Bonchev–Trinajstić information content (AvgIpc) is 2.62. The molecule has 1 heterocycles. The molecule has 0 aromatic carbocycles. The molecule has 0 radical (unpaired) electrons. The lowest BCUT2D eigenvalue weighted by Gasteiger charge is -2.11. The van der Waals surface area contributed by atoms with Crippen molar-refractivity contribution in [1.29, 1.82) is 0 Å². The Morgan fingerprint density at radius 2 is 2.40 bits per heavy atom. The van der Waals surface area contributed by atoms with Crippen LogP contribution in [-0.4, -0.2) is 19.0 Å². The smallest absolute Gasteiger partial charge is 0.233 e. The Balaban J connectivity index is 2.36. The largest absolute Gasteiger partial charge is 0.355 e. The van der Waals surface area contributed by atoms with E-state index in [9.17, 15) is 4.79 Å². The fourth-order valence-electron chi connectivity index (χ4n) is 1.16. The molecule has 0 bridgehead atoms. The van der Waals surface area contributed by atoms with E-state index in [2.05, 4.69) is 39.6 Å². The molecular weight excluding hydrogens is 276 g/mol. The van der Waals surface area contributed by atoms with Crippen LogP contribution in [0, 0.1) is 0 Å². The predicted molar refractivity (Wildman–Crippen MR) is 67.1 cm³/mol. The molecular formula is C10H15BrN2OS. The Labute approximate surface area is 102 Å². The van der Waals surface area contributed by atoms with Crippen molar-refractivity contribution in [3.05, 3.63) is 20.8 Å². The number of hydrogen-bond donors (Lipinski definition) is 2. The van der Waals surface area contributed by atoms with E-state index in [1.165, 1.54) is 4.88 Å². The van der Waals surface area contributed by atoms with Gasteiger partial charge in [0.25, 0.3) is 0 Å². The second-order valence-electron chi connectivity index (χ2n) is 3.22. The molecule has 3 nitrogen and oxygen atoms in total. The summed E-state index contributed by atoms with van der Waals surface area (Å²) in [6.45, 7) is 5.01. The van der Waals surface area contributed by atoms with E-state index in [0.717, 1.165) is 4.47 Å². The molecule has 0 saturated heterocycles. The molecule has 15 heavy (non-hydrogen) atoms. The molecule has 1 amide bonds. The van der Waals surface area contributed by atoms with E-state index in [4.69, 9.17) is 0 Å². The van der Waals surface area contributed by atoms with Crippen LogP contribution in [0.3, 0.4) is 0 Å². The van der Waals surface area contributed by atoms with E-state index in [-0.39, 0.29) is 11.9 Å². The summed E-state index contributed by atoms with van der Waals surface area (Å²) < 4.78 is 1.09. The number of carbonyl (C=O) groups is 1. The summed E-state index contributed by atoms with van der Waals surface area (Å²) in [6, 6.07) is 2.28. The van der Waals surface area contributed by atoms with Gasteiger partial charge in [-0.15, -0.1) is 11.3 Å². The topological polar surface area (TPSA) is 41.1 Å². The van der Waals surface area contributed by atoms with Crippen molar-refractivity contribution in [3.8, 4) is 0 Å². The summed E-state index contributed by atoms with van der Waals surface area (Å²) in [5.41, 5.74) is 0. The molecule has 1 aromatic rings. The Morgan fingerprint density at radius 3 is 2.93 bits per heavy atom. The molecule has 0 fully saturated rings. The zero-order chi connectivity index (χ0) is 11.3. The second-order valence-corrected chi connectivity index (χ2v) is 5.08. The van der Waals surface area contributed by atoms with E-state index in [0.29, 0.717) is 13.1 Å². The number of hydrogen-bond acceptors (Lipinski definition) is 3. The lowest BCUT2D eigenvalue weighted by atomic mass is 10.3. The van der Waals surface area contributed by atoms with Gasteiger partial charge in [0.05, 0.1) is 6.54 Å². The van der Waals surface area contributed by atoms with Crippen molar-refractivity contribution in [2.45, 2.75) is 19.9 Å². The van der Waals surface area contributed by atoms with E-state index in [1.807, 2.05) is 12.3 Å². The van der Waals surface area contributed by atoms with Crippen molar-refractivity contribution in [2.24, 2.45) is 0 Å². The SMILES string of the molecule is CCNC(=O)CNC(C)c1cc(Br)cs1. The summed E-state index contributed by atoms with van der Waals surface area (Å²) in [5, 5.41) is 7.97. The van der Waals surface area contributed by atoms with Crippen LogP contribution in [0.25, 0.3) is 0 Å². The quantitative estimate of drug-likeness (QED) is 0.874. The summed E-state index contributed by atoms with van der Waals surface area (Å²) in [4.78, 5) is 12.4. The van der Waals surface area contributed by atoms with Gasteiger partial charge < -0.3 is 10.6 Å². The third-order valence-corrected chi connectivity index (χ3v) is 3.83. The number of thiophene rings is 1. The standard InChI is InChI=1S/C10H15BrN2OS/c1-3-12-10(14)5-13-7(2)9-4-8(11)6-15-9/h4,6-7,13H,3,5H2,1-2H3,(H,12,14). The lowest BCUT2D eigenvalue weighted by Crippen LogP contribution is -2.34. The number of rotatable bonds is 5. The molecule has 0 saturated carbocycles. The van der Waals surface area contributed by atoms with Crippen LogP contribution in [0.2, 0.25) is 0 Å². The fraction of sp³-hybridized carbons (Fsp3) is 0.500. The van der Waals surface area contributed by atoms with Crippen LogP contribution >= 0.6 is 27.3 Å². The highest BCUT2D eigenvalue weighted by Gasteiger charge is 2.08. The monoisotopic (exact) mass is 290 g/mol. The Kier molecular flexibility index (Phi) is 5.28. The molecule has 1 unspecified atom stereocenters. The Morgan fingerprint density at radius 1 is 1.67 bits per heavy atom. The van der Waals surface area contributed by atoms with E-state index < -0.39 is 0 Å². The molecule has 1 rings (SSSR count). The third-order valence-electron chi connectivity index (χ3n) is 1.96. The van der Waals surface area contributed by atoms with Crippen LogP contribution in [0.4, 0.5) is 0 Å². The van der Waals surface area contributed by atoms with Gasteiger partial charge >= 0.3 is 0 Å². The van der Waals surface area contributed by atoms with Gasteiger partial charge in [-0.05, 0) is 35.8 Å². The summed E-state index contributed by atoms with van der Waals surface area (Å²) >= 11 is 5.09. The average molecular weight is 291 g/mol. The number of carbonyl (C=O) groups excluding carboxylic acids is 1. The summed E-state index contributed by atoms with van der Waals surface area (Å²) in [6.07, 6.45) is 0. The van der Waals surface area contributed by atoms with E-state index >= 15 is 0 Å². The van der Waals surface area contributed by atoms with Crippen molar-refractivity contribution in [1.82, 2.24) is 10.6 Å². The van der Waals surface area contributed by atoms with E-state index in [1.54, 1.807) is 11.3 Å². The van der Waals surface area contributed by atoms with Gasteiger partial charge in [-0.2, -0.15) is 0 Å². The molecule has 0 aliphatic rings. The Bertz CT molecular complexity index is 327. The third kappa shape index (κ3) is 4.32.